The quantitative estimate of drug-likeness (QED) is 0.481. The molecular formula is C23H21N7O3. The van der Waals surface area contributed by atoms with Crippen LogP contribution in [0.1, 0.15) is 12.8 Å². The molecule has 10 nitrogen and oxygen atoms in total. The molecule has 166 valence electrons. The number of carbonyl (C=O) groups excluding carboxylic acids is 2. The number of aromatic nitrogens is 5. The van der Waals surface area contributed by atoms with Crippen LogP contribution in [0.4, 0.5) is 5.69 Å². The van der Waals surface area contributed by atoms with Gasteiger partial charge in [-0.15, -0.1) is 5.10 Å². The number of rotatable bonds is 4. The summed E-state index contributed by atoms with van der Waals surface area (Å²) in [5.41, 5.74) is 2.68. The van der Waals surface area contributed by atoms with E-state index in [9.17, 15) is 9.59 Å². The Hall–Kier alpha value is -4.34. The first-order valence-corrected chi connectivity index (χ1v) is 10.6. The number of amides is 2. The smallest absolute Gasteiger partial charge is 0.313 e. The second-order valence-corrected chi connectivity index (χ2v) is 7.63. The summed E-state index contributed by atoms with van der Waals surface area (Å²) in [5.74, 6) is -0.810. The van der Waals surface area contributed by atoms with Gasteiger partial charge in [-0.2, -0.15) is 0 Å². The van der Waals surface area contributed by atoms with E-state index < -0.39 is 11.8 Å². The average molecular weight is 443 g/mol. The first kappa shape index (κ1) is 20.6. The molecule has 0 bridgehead atoms. The van der Waals surface area contributed by atoms with Gasteiger partial charge >= 0.3 is 11.8 Å². The van der Waals surface area contributed by atoms with Crippen molar-refractivity contribution in [3.8, 4) is 11.6 Å². The van der Waals surface area contributed by atoms with E-state index in [1.807, 2.05) is 30.3 Å². The molecule has 0 aliphatic carbocycles. The van der Waals surface area contributed by atoms with Gasteiger partial charge in [-0.1, -0.05) is 29.5 Å². The van der Waals surface area contributed by atoms with Crippen LogP contribution in [0.2, 0.25) is 0 Å². The van der Waals surface area contributed by atoms with E-state index in [2.05, 4.69) is 25.6 Å². The number of benzene rings is 2. The highest BCUT2D eigenvalue weighted by Gasteiger charge is 2.28. The number of nitrogens with one attached hydrogen (secondary N) is 1. The highest BCUT2D eigenvalue weighted by Crippen LogP contribution is 2.21. The lowest BCUT2D eigenvalue weighted by Gasteiger charge is -2.31. The van der Waals surface area contributed by atoms with Crippen molar-refractivity contribution >= 4 is 28.5 Å². The minimum atomic E-state index is -0.692. The second kappa shape index (κ2) is 9.03. The fourth-order valence-electron chi connectivity index (χ4n) is 3.78. The van der Waals surface area contributed by atoms with Crippen LogP contribution in [0.3, 0.4) is 0 Å². The van der Waals surface area contributed by atoms with Crippen molar-refractivity contribution in [3.63, 3.8) is 0 Å². The Kier molecular flexibility index (Phi) is 5.62. The van der Waals surface area contributed by atoms with Gasteiger partial charge in [-0.05, 0) is 24.3 Å². The molecule has 10 heteroatoms. The lowest BCUT2D eigenvalue weighted by atomic mass is 10.1. The molecule has 1 aliphatic heterocycles. The van der Waals surface area contributed by atoms with Gasteiger partial charge < -0.3 is 15.0 Å². The number of hydrogen-bond acceptors (Lipinski definition) is 7. The maximum absolute atomic E-state index is 12.7. The Morgan fingerprint density at radius 2 is 1.76 bits per heavy atom. The summed E-state index contributed by atoms with van der Waals surface area (Å²) in [7, 11) is 0. The first-order valence-electron chi connectivity index (χ1n) is 10.6. The number of carbonyl (C=O) groups is 2. The van der Waals surface area contributed by atoms with Crippen LogP contribution >= 0.6 is 0 Å². The predicted octanol–water partition coefficient (Wildman–Crippen LogP) is 2.22. The zero-order chi connectivity index (χ0) is 22.6. The summed E-state index contributed by atoms with van der Waals surface area (Å²) in [5, 5.41) is 10.4. The predicted molar refractivity (Wildman–Crippen MR) is 120 cm³/mol. The van der Waals surface area contributed by atoms with E-state index in [0.29, 0.717) is 43.2 Å². The van der Waals surface area contributed by atoms with Gasteiger partial charge in [0.1, 0.15) is 6.10 Å². The van der Waals surface area contributed by atoms with Gasteiger partial charge in [-0.3, -0.25) is 9.59 Å². The molecule has 2 aromatic heterocycles. The van der Waals surface area contributed by atoms with Crippen molar-refractivity contribution in [1.82, 2.24) is 29.9 Å². The standard InChI is InChI=1S/C23H21N7O3/c31-22(27-19-7-3-4-8-20(19)30-14-11-25-28-30)23(32)29-12-9-16(10-13-29)33-21-15-24-17-5-1-2-6-18(17)26-21/h1-8,11,14-16H,9-10,12-13H2,(H,27,31). The molecule has 0 saturated carbocycles. The fraction of sp³-hybridized carbons (Fsp3) is 0.217. The molecular weight excluding hydrogens is 422 g/mol. The molecule has 1 N–H and O–H groups in total. The van der Waals surface area contributed by atoms with Gasteiger partial charge in [0.05, 0.1) is 41.0 Å². The van der Waals surface area contributed by atoms with Crippen molar-refractivity contribution in [3.05, 3.63) is 67.1 Å². The highest BCUT2D eigenvalue weighted by molar-refractivity contribution is 6.39. The van der Waals surface area contributed by atoms with Crippen LogP contribution < -0.4 is 10.1 Å². The van der Waals surface area contributed by atoms with Crippen molar-refractivity contribution in [2.75, 3.05) is 18.4 Å². The fourth-order valence-corrected chi connectivity index (χ4v) is 3.78. The number of piperidine rings is 1. The Morgan fingerprint density at radius 1 is 1.00 bits per heavy atom. The third-order valence-electron chi connectivity index (χ3n) is 5.46. The van der Waals surface area contributed by atoms with Gasteiger partial charge in [0.15, 0.2) is 0 Å². The summed E-state index contributed by atoms with van der Waals surface area (Å²) in [6, 6.07) is 14.7. The van der Waals surface area contributed by atoms with Crippen molar-refractivity contribution < 1.29 is 14.3 Å². The molecule has 1 saturated heterocycles. The van der Waals surface area contributed by atoms with E-state index in [-0.39, 0.29) is 6.10 Å². The van der Waals surface area contributed by atoms with Crippen LogP contribution in [0.25, 0.3) is 16.7 Å². The Labute approximate surface area is 189 Å². The summed E-state index contributed by atoms with van der Waals surface area (Å²) < 4.78 is 7.50. The third-order valence-corrected chi connectivity index (χ3v) is 5.46. The van der Waals surface area contributed by atoms with E-state index in [1.165, 1.54) is 4.68 Å². The van der Waals surface area contributed by atoms with E-state index in [4.69, 9.17) is 4.74 Å². The SMILES string of the molecule is O=C(Nc1ccccc1-n1ccnn1)C(=O)N1CCC(Oc2cnc3ccccc3n2)CC1. The molecule has 2 aromatic carbocycles. The number of nitrogens with zero attached hydrogens (tertiary/aromatic N) is 6. The molecule has 1 fully saturated rings. The van der Waals surface area contributed by atoms with E-state index in [1.54, 1.807) is 41.7 Å². The van der Waals surface area contributed by atoms with Gasteiger partial charge in [0.2, 0.25) is 5.88 Å². The number of para-hydroxylation sites is 4. The van der Waals surface area contributed by atoms with E-state index in [0.717, 1.165) is 11.0 Å². The number of hydrogen-bond donors (Lipinski definition) is 1. The van der Waals surface area contributed by atoms with Gasteiger partial charge in [0.25, 0.3) is 0 Å². The van der Waals surface area contributed by atoms with Crippen molar-refractivity contribution in [2.45, 2.75) is 18.9 Å². The number of ether oxygens (including phenoxy) is 1. The lowest BCUT2D eigenvalue weighted by molar-refractivity contribution is -0.144. The Morgan fingerprint density at radius 3 is 2.55 bits per heavy atom. The number of likely N-dealkylation sites (tertiary alicyclic amines) is 1. The lowest BCUT2D eigenvalue weighted by Crippen LogP contribution is -2.46. The molecule has 1 aliphatic rings. The molecule has 0 unspecified atom stereocenters. The first-order chi connectivity index (χ1) is 16.2. The third kappa shape index (κ3) is 4.49. The number of fused-ring (bicyclic) bond motifs is 1. The summed E-state index contributed by atoms with van der Waals surface area (Å²) >= 11 is 0. The van der Waals surface area contributed by atoms with Crippen LogP contribution in [0.5, 0.6) is 5.88 Å². The van der Waals surface area contributed by atoms with Gasteiger partial charge in [0, 0.05) is 25.9 Å². The normalized spacial score (nSPS) is 14.2. The maximum atomic E-state index is 12.7. The Balaban J connectivity index is 1.18. The monoisotopic (exact) mass is 443 g/mol. The summed E-state index contributed by atoms with van der Waals surface area (Å²) in [4.78, 5) is 35.8. The minimum Gasteiger partial charge on any atom is -0.473 e. The molecule has 4 aromatic rings. The molecule has 0 atom stereocenters. The molecule has 3 heterocycles. The van der Waals surface area contributed by atoms with Crippen molar-refractivity contribution in [2.24, 2.45) is 0 Å². The van der Waals surface area contributed by atoms with Crippen molar-refractivity contribution in [1.29, 1.82) is 0 Å². The highest BCUT2D eigenvalue weighted by atomic mass is 16.5. The van der Waals surface area contributed by atoms with Crippen LogP contribution in [0, 0.1) is 0 Å². The van der Waals surface area contributed by atoms with Crippen LogP contribution in [-0.2, 0) is 9.59 Å². The maximum Gasteiger partial charge on any atom is 0.313 e. The van der Waals surface area contributed by atoms with Crippen LogP contribution in [-0.4, -0.2) is 60.9 Å². The van der Waals surface area contributed by atoms with E-state index >= 15 is 0 Å². The minimum absolute atomic E-state index is 0.0967. The summed E-state index contributed by atoms with van der Waals surface area (Å²) in [6.07, 6.45) is 5.92. The topological polar surface area (TPSA) is 115 Å². The van der Waals surface area contributed by atoms with Gasteiger partial charge in [-0.25, -0.2) is 14.6 Å². The molecule has 5 rings (SSSR count). The molecule has 2 amide bonds. The zero-order valence-corrected chi connectivity index (χ0v) is 17.7. The molecule has 33 heavy (non-hydrogen) atoms. The zero-order valence-electron chi connectivity index (χ0n) is 17.7. The average Bonchev–Trinajstić information content (AvgIpc) is 3.39. The molecule has 0 spiro atoms. The van der Waals surface area contributed by atoms with Crippen LogP contribution in [0.15, 0.2) is 67.1 Å². The largest absolute Gasteiger partial charge is 0.473 e. The Bertz CT molecular complexity index is 1280. The molecule has 0 radical (unpaired) electrons. The number of anilines is 1. The summed E-state index contributed by atoms with van der Waals surface area (Å²) in [6.45, 7) is 0.839. The second-order valence-electron chi connectivity index (χ2n) is 7.63.